The quantitative estimate of drug-likeness (QED) is 0.274. The van der Waals surface area contributed by atoms with Crippen LogP contribution >= 0.6 is 11.8 Å². The van der Waals surface area contributed by atoms with Crippen LogP contribution in [-0.4, -0.2) is 79.2 Å². The lowest BCUT2D eigenvalue weighted by Crippen LogP contribution is -2.34. The Morgan fingerprint density at radius 2 is 2.09 bits per heavy atom. The number of hydrogen-bond donors (Lipinski definition) is 5. The molecule has 3 aromatic rings. The largest absolute Gasteiger partial charge is 0.387 e. The number of aliphatic hydroxyl groups excluding tert-OH is 2. The van der Waals surface area contributed by atoms with E-state index in [4.69, 9.17) is 10.5 Å². The second-order valence-electron chi connectivity index (χ2n) is 8.79. The molecular weight excluding hydrogens is 454 g/mol. The monoisotopic (exact) mass is 485 g/mol. The van der Waals surface area contributed by atoms with Gasteiger partial charge in [-0.05, 0) is 29.8 Å². The van der Waals surface area contributed by atoms with Crippen LogP contribution in [0.25, 0.3) is 11.2 Å². The Bertz CT molecular complexity index is 1110. The number of hydrogen-bond acceptors (Lipinski definition) is 10. The van der Waals surface area contributed by atoms with E-state index in [0.29, 0.717) is 22.8 Å². The second-order valence-corrected chi connectivity index (χ2v) is 9.94. The number of anilines is 1. The maximum absolute atomic E-state index is 10.6. The number of ether oxygens (including phenoxy) is 1. The lowest BCUT2D eigenvalue weighted by atomic mass is 9.91. The van der Waals surface area contributed by atoms with Crippen molar-refractivity contribution in [3.05, 3.63) is 48.0 Å². The first-order chi connectivity index (χ1) is 16.6. The van der Waals surface area contributed by atoms with Crippen LogP contribution in [0.1, 0.15) is 29.7 Å². The van der Waals surface area contributed by atoms with Crippen LogP contribution in [-0.2, 0) is 11.3 Å². The smallest absolute Gasteiger partial charge is 0.167 e. The highest BCUT2D eigenvalue weighted by Crippen LogP contribution is 2.33. The molecule has 5 rings (SSSR count). The summed E-state index contributed by atoms with van der Waals surface area (Å²) < 4.78 is 7.60. The summed E-state index contributed by atoms with van der Waals surface area (Å²) in [6, 6.07) is 8.65. The van der Waals surface area contributed by atoms with Gasteiger partial charge in [0, 0.05) is 31.3 Å². The van der Waals surface area contributed by atoms with E-state index in [9.17, 15) is 10.2 Å². The molecule has 0 radical (unpaired) electrons. The van der Waals surface area contributed by atoms with Gasteiger partial charge < -0.3 is 31.3 Å². The average molecular weight is 486 g/mol. The highest BCUT2D eigenvalue weighted by atomic mass is 32.2. The predicted octanol–water partition coefficient (Wildman–Crippen LogP) is 0.628. The number of nitrogens with zero attached hydrogens (tertiary/aromatic N) is 4. The van der Waals surface area contributed by atoms with Gasteiger partial charge in [-0.1, -0.05) is 24.3 Å². The highest BCUT2D eigenvalue weighted by Gasteiger charge is 2.44. The van der Waals surface area contributed by atoms with Crippen molar-refractivity contribution in [3.8, 4) is 0 Å². The molecule has 0 bridgehead atoms. The zero-order valence-corrected chi connectivity index (χ0v) is 19.7. The zero-order chi connectivity index (χ0) is 23.5. The summed E-state index contributed by atoms with van der Waals surface area (Å²) >= 11 is 1.72. The maximum Gasteiger partial charge on any atom is 0.167 e. The standard InChI is InChI=1S/C23H31N7O3S/c24-21-18-22(28-12-27-21)30(13-29-18)23-20(32)19(31)17(33-23)11-34-7-3-6-25-9-15-10-26-8-14-4-1-2-5-16(14)15/h1-2,4-5,12-13,15,17,19-20,23,25-26,31-32H,3,6-11H2,(H2,24,27,28)/t15?,17-,19-,20-,23-/m1/s1. The molecule has 2 aromatic heterocycles. The van der Waals surface area contributed by atoms with Crippen molar-refractivity contribution in [2.75, 3.05) is 36.9 Å². The van der Waals surface area contributed by atoms with Crippen molar-refractivity contribution in [2.45, 2.75) is 43.4 Å². The van der Waals surface area contributed by atoms with Gasteiger partial charge in [0.2, 0.25) is 0 Å². The first kappa shape index (κ1) is 23.5. The number of imidazole rings is 1. The van der Waals surface area contributed by atoms with Crippen LogP contribution in [0.4, 0.5) is 5.82 Å². The van der Waals surface area contributed by atoms with E-state index in [1.807, 2.05) is 0 Å². The van der Waals surface area contributed by atoms with E-state index in [1.165, 1.54) is 23.8 Å². The molecular formula is C23H31N7O3S. The summed E-state index contributed by atoms with van der Waals surface area (Å²) in [6.45, 7) is 3.85. The fraction of sp³-hybridized carbons (Fsp3) is 0.522. The van der Waals surface area contributed by atoms with E-state index < -0.39 is 24.5 Å². The van der Waals surface area contributed by atoms with Gasteiger partial charge in [0.25, 0.3) is 0 Å². The number of fused-ring (bicyclic) bond motifs is 2. The Kier molecular flexibility index (Phi) is 7.28. The summed E-state index contributed by atoms with van der Waals surface area (Å²) in [5, 5.41) is 28.2. The Morgan fingerprint density at radius 1 is 1.21 bits per heavy atom. The van der Waals surface area contributed by atoms with Crippen molar-refractivity contribution < 1.29 is 14.9 Å². The topological polar surface area (TPSA) is 143 Å². The lowest BCUT2D eigenvalue weighted by molar-refractivity contribution is -0.0289. The molecule has 1 unspecified atom stereocenters. The number of nitrogens with one attached hydrogen (secondary N) is 2. The lowest BCUT2D eigenvalue weighted by Gasteiger charge is -2.26. The van der Waals surface area contributed by atoms with Crippen LogP contribution in [0.2, 0.25) is 0 Å². The fourth-order valence-corrected chi connectivity index (χ4v) is 5.72. The van der Waals surface area contributed by atoms with Crippen molar-refractivity contribution in [2.24, 2.45) is 0 Å². The molecule has 182 valence electrons. The Balaban J connectivity index is 1.05. The fourth-order valence-electron chi connectivity index (χ4n) is 4.69. The summed E-state index contributed by atoms with van der Waals surface area (Å²) in [6.07, 6.45) is 0.576. The minimum absolute atomic E-state index is 0.265. The van der Waals surface area contributed by atoms with E-state index in [-0.39, 0.29) is 5.82 Å². The summed E-state index contributed by atoms with van der Waals surface area (Å²) in [4.78, 5) is 12.4. The molecule has 2 aliphatic rings. The third-order valence-electron chi connectivity index (χ3n) is 6.51. The summed E-state index contributed by atoms with van der Waals surface area (Å²) in [5.74, 6) is 2.30. The van der Waals surface area contributed by atoms with Gasteiger partial charge in [-0.15, -0.1) is 0 Å². The van der Waals surface area contributed by atoms with Gasteiger partial charge in [0.1, 0.15) is 24.1 Å². The van der Waals surface area contributed by atoms with Crippen molar-refractivity contribution >= 4 is 28.7 Å². The van der Waals surface area contributed by atoms with Crippen molar-refractivity contribution in [3.63, 3.8) is 0 Å². The Labute approximate surface area is 202 Å². The summed E-state index contributed by atoms with van der Waals surface area (Å²) in [7, 11) is 0. The van der Waals surface area contributed by atoms with Crippen LogP contribution in [0, 0.1) is 0 Å². The van der Waals surface area contributed by atoms with E-state index in [1.54, 1.807) is 16.3 Å². The van der Waals surface area contributed by atoms with E-state index in [2.05, 4.69) is 49.9 Å². The average Bonchev–Trinajstić information content (AvgIpc) is 3.41. The molecule has 0 aliphatic carbocycles. The van der Waals surface area contributed by atoms with Crippen LogP contribution < -0.4 is 16.4 Å². The summed E-state index contributed by atoms with van der Waals surface area (Å²) in [5.41, 5.74) is 9.61. The molecule has 1 fully saturated rings. The molecule has 6 N–H and O–H groups in total. The number of aromatic nitrogens is 4. The van der Waals surface area contributed by atoms with Crippen LogP contribution in [0.3, 0.4) is 0 Å². The highest BCUT2D eigenvalue weighted by molar-refractivity contribution is 7.99. The van der Waals surface area contributed by atoms with E-state index in [0.717, 1.165) is 38.4 Å². The van der Waals surface area contributed by atoms with Gasteiger partial charge in [0.15, 0.2) is 17.7 Å². The van der Waals surface area contributed by atoms with Crippen molar-refractivity contribution in [1.29, 1.82) is 0 Å². The van der Waals surface area contributed by atoms with Gasteiger partial charge in [0.05, 0.1) is 12.4 Å². The number of rotatable bonds is 9. The molecule has 34 heavy (non-hydrogen) atoms. The SMILES string of the molecule is Nc1ncnc2c1ncn2[C@@H]1O[C@H](CSCCCNCC2CNCc3ccccc32)[C@@H](O)[C@H]1O. The third-order valence-corrected chi connectivity index (χ3v) is 7.66. The normalized spacial score (nSPS) is 26.7. The number of aliphatic hydroxyl groups is 2. The number of benzene rings is 1. The number of nitrogens with two attached hydrogens (primary N) is 1. The third kappa shape index (κ3) is 4.77. The maximum atomic E-state index is 10.6. The Hall–Kier alpha value is -2.28. The first-order valence-electron chi connectivity index (χ1n) is 11.6. The molecule has 1 saturated heterocycles. The van der Waals surface area contributed by atoms with Crippen LogP contribution in [0.15, 0.2) is 36.9 Å². The van der Waals surface area contributed by atoms with E-state index >= 15 is 0 Å². The van der Waals surface area contributed by atoms with Gasteiger partial charge in [-0.2, -0.15) is 11.8 Å². The van der Waals surface area contributed by atoms with Crippen LogP contribution in [0.5, 0.6) is 0 Å². The minimum Gasteiger partial charge on any atom is -0.387 e. The predicted molar refractivity (Wildman–Crippen MR) is 131 cm³/mol. The van der Waals surface area contributed by atoms with Gasteiger partial charge in [-0.25, -0.2) is 15.0 Å². The molecule has 5 atom stereocenters. The molecule has 0 amide bonds. The molecule has 11 heteroatoms. The minimum atomic E-state index is -1.08. The molecule has 0 saturated carbocycles. The molecule has 1 aromatic carbocycles. The Morgan fingerprint density at radius 3 is 3.00 bits per heavy atom. The number of thioether (sulfide) groups is 1. The zero-order valence-electron chi connectivity index (χ0n) is 18.9. The van der Waals surface area contributed by atoms with Gasteiger partial charge in [-0.3, -0.25) is 4.57 Å². The van der Waals surface area contributed by atoms with Gasteiger partial charge >= 0.3 is 0 Å². The number of nitrogen functional groups attached to an aromatic ring is 1. The molecule has 10 nitrogen and oxygen atoms in total. The molecule has 4 heterocycles. The molecule has 2 aliphatic heterocycles. The molecule has 0 spiro atoms. The van der Waals surface area contributed by atoms with Crippen molar-refractivity contribution in [1.82, 2.24) is 30.2 Å². The second kappa shape index (κ2) is 10.5. The first-order valence-corrected chi connectivity index (χ1v) is 12.8.